The number of nitrogens with zero attached hydrogens (tertiary/aromatic N) is 2. The number of pyridine rings is 2. The monoisotopic (exact) mass is 500 g/mol. The molecule has 180 valence electrons. The zero-order valence-corrected chi connectivity index (χ0v) is 18.7. The maximum absolute atomic E-state index is 14.0. The summed E-state index contributed by atoms with van der Waals surface area (Å²) in [5.74, 6) is -3.18. The zero-order valence-electron chi connectivity index (χ0n) is 17.9. The number of aryl methyl sites for hydroxylation is 1. The lowest BCUT2D eigenvalue weighted by Crippen LogP contribution is -2.21. The summed E-state index contributed by atoms with van der Waals surface area (Å²) in [6.07, 6.45) is -4.30. The van der Waals surface area contributed by atoms with E-state index in [9.17, 15) is 31.3 Å². The Hall–Kier alpha value is -3.29. The Morgan fingerprint density at radius 1 is 1.15 bits per heavy atom. The van der Waals surface area contributed by atoms with Gasteiger partial charge in [0.2, 0.25) is 16.7 Å². The SMILES string of the molecule is CN[S@+]([O-])c1cc(NC(=O)c2c(Oc3ccc(F)nc3C)ncc(C(F)(F)F)c2C)ccc1F. The van der Waals surface area contributed by atoms with E-state index in [1.54, 1.807) is 0 Å². The summed E-state index contributed by atoms with van der Waals surface area (Å²) in [5.41, 5.74) is -2.17. The molecule has 2 N–H and O–H groups in total. The summed E-state index contributed by atoms with van der Waals surface area (Å²) in [5, 5.41) is 2.34. The molecule has 1 amide bonds. The number of amides is 1. The molecule has 0 aliphatic heterocycles. The number of ether oxygens (including phenoxy) is 1. The van der Waals surface area contributed by atoms with Gasteiger partial charge in [-0.15, -0.1) is 4.72 Å². The first-order chi connectivity index (χ1) is 15.9. The normalized spacial score (nSPS) is 12.4. The third-order valence-corrected chi connectivity index (χ3v) is 5.70. The van der Waals surface area contributed by atoms with E-state index in [1.807, 2.05) is 0 Å². The fraction of sp³-hybridized carbons (Fsp3) is 0.190. The predicted octanol–water partition coefficient (Wildman–Crippen LogP) is 4.68. The Bertz CT molecular complexity index is 1240. The van der Waals surface area contributed by atoms with Crippen molar-refractivity contribution in [1.29, 1.82) is 0 Å². The van der Waals surface area contributed by atoms with Crippen molar-refractivity contribution in [3.63, 3.8) is 0 Å². The van der Waals surface area contributed by atoms with Gasteiger partial charge in [0.15, 0.2) is 11.6 Å². The lowest BCUT2D eigenvalue weighted by atomic mass is 10.0. The molecule has 1 aromatic carbocycles. The highest BCUT2D eigenvalue weighted by molar-refractivity contribution is 7.89. The van der Waals surface area contributed by atoms with Gasteiger partial charge in [-0.25, -0.2) is 14.4 Å². The smallest absolute Gasteiger partial charge is 0.418 e. The highest BCUT2D eigenvalue weighted by Gasteiger charge is 2.36. The van der Waals surface area contributed by atoms with Gasteiger partial charge in [-0.05, 0) is 43.7 Å². The molecule has 0 aliphatic carbocycles. The highest BCUT2D eigenvalue weighted by atomic mass is 32.2. The van der Waals surface area contributed by atoms with Gasteiger partial charge in [-0.3, -0.25) is 4.79 Å². The molecule has 34 heavy (non-hydrogen) atoms. The van der Waals surface area contributed by atoms with Crippen LogP contribution >= 0.6 is 0 Å². The number of hydrogen-bond donors (Lipinski definition) is 2. The van der Waals surface area contributed by atoms with E-state index >= 15 is 0 Å². The van der Waals surface area contributed by atoms with Crippen molar-refractivity contribution in [3.8, 4) is 11.6 Å². The molecule has 0 bridgehead atoms. The first-order valence-corrected chi connectivity index (χ1v) is 10.6. The quantitative estimate of drug-likeness (QED) is 0.290. The summed E-state index contributed by atoms with van der Waals surface area (Å²) in [7, 11) is 1.33. The summed E-state index contributed by atoms with van der Waals surface area (Å²) < 4.78 is 87.4. The molecule has 0 spiro atoms. The molecule has 2 aromatic heterocycles. The van der Waals surface area contributed by atoms with Crippen molar-refractivity contribution < 1.29 is 36.0 Å². The maximum Gasteiger partial charge on any atom is 0.418 e. The summed E-state index contributed by atoms with van der Waals surface area (Å²) in [6.45, 7) is 2.46. The highest BCUT2D eigenvalue weighted by Crippen LogP contribution is 2.37. The molecule has 0 saturated carbocycles. The number of hydrogen-bond acceptors (Lipinski definition) is 6. The van der Waals surface area contributed by atoms with Crippen LogP contribution < -0.4 is 14.8 Å². The molecule has 3 rings (SSSR count). The Labute approximate surface area is 193 Å². The van der Waals surface area contributed by atoms with Gasteiger partial charge in [-0.2, -0.15) is 17.6 Å². The molecule has 7 nitrogen and oxygen atoms in total. The number of alkyl halides is 3. The van der Waals surface area contributed by atoms with Gasteiger partial charge in [0, 0.05) is 25.0 Å². The molecule has 0 saturated heterocycles. The molecule has 0 unspecified atom stereocenters. The fourth-order valence-corrected chi connectivity index (χ4v) is 3.67. The Morgan fingerprint density at radius 3 is 2.47 bits per heavy atom. The van der Waals surface area contributed by atoms with Crippen LogP contribution in [0.1, 0.15) is 27.2 Å². The van der Waals surface area contributed by atoms with Gasteiger partial charge >= 0.3 is 6.18 Å². The number of carbonyl (C=O) groups is 1. The number of nitrogens with one attached hydrogen (secondary N) is 2. The van der Waals surface area contributed by atoms with E-state index < -0.39 is 57.8 Å². The van der Waals surface area contributed by atoms with Gasteiger partial charge in [-0.1, -0.05) is 0 Å². The van der Waals surface area contributed by atoms with Crippen LogP contribution in [0.3, 0.4) is 0 Å². The molecule has 1 atom stereocenters. The van der Waals surface area contributed by atoms with Crippen LogP contribution in [0.5, 0.6) is 11.6 Å². The van der Waals surface area contributed by atoms with Crippen LogP contribution in [-0.4, -0.2) is 27.5 Å². The first-order valence-electron chi connectivity index (χ1n) is 9.50. The number of rotatable bonds is 6. The first kappa shape index (κ1) is 25.3. The van der Waals surface area contributed by atoms with E-state index in [0.29, 0.717) is 6.20 Å². The second-order valence-corrected chi connectivity index (χ2v) is 8.25. The van der Waals surface area contributed by atoms with Crippen LogP contribution in [0.4, 0.5) is 27.6 Å². The molecule has 0 aliphatic rings. The van der Waals surface area contributed by atoms with Crippen molar-refractivity contribution in [2.75, 3.05) is 12.4 Å². The van der Waals surface area contributed by atoms with Crippen molar-refractivity contribution in [3.05, 3.63) is 70.7 Å². The molecule has 0 fully saturated rings. The number of halogens is 5. The minimum atomic E-state index is -4.81. The van der Waals surface area contributed by atoms with Crippen LogP contribution in [0.25, 0.3) is 0 Å². The molecule has 13 heteroatoms. The summed E-state index contributed by atoms with van der Waals surface area (Å²) >= 11 is -1.93. The minimum Gasteiger partial charge on any atom is -0.593 e. The van der Waals surface area contributed by atoms with E-state index in [4.69, 9.17) is 4.74 Å². The van der Waals surface area contributed by atoms with E-state index in [2.05, 4.69) is 20.0 Å². The molecule has 3 aromatic rings. The van der Waals surface area contributed by atoms with Gasteiger partial charge in [0.1, 0.15) is 5.56 Å². The third kappa shape index (κ3) is 5.43. The van der Waals surface area contributed by atoms with Gasteiger partial charge in [0.25, 0.3) is 5.91 Å². The molecule has 2 heterocycles. The third-order valence-electron chi connectivity index (χ3n) is 4.62. The second-order valence-electron chi connectivity index (χ2n) is 6.87. The molecular formula is C21H17F5N4O3S. The van der Waals surface area contributed by atoms with Gasteiger partial charge in [0.05, 0.1) is 22.6 Å². The van der Waals surface area contributed by atoms with Crippen molar-refractivity contribution >= 4 is 23.0 Å². The standard InChI is InChI=1S/C21H17F5N4O3S/c1-10-13(21(24,25)26)9-28-20(33-15-6-7-17(23)29-11(15)2)18(10)19(31)30-12-4-5-14(22)16(8-12)34(32)27-3/h4-9,27H,1-3H3,(H,30,31)/t34-/m1/s1. The van der Waals surface area contributed by atoms with Crippen LogP contribution in [0.2, 0.25) is 0 Å². The van der Waals surface area contributed by atoms with E-state index in [0.717, 1.165) is 31.2 Å². The van der Waals surface area contributed by atoms with Crippen LogP contribution in [0.15, 0.2) is 41.4 Å². The minimum absolute atomic E-state index is 0.0319. The van der Waals surface area contributed by atoms with Crippen molar-refractivity contribution in [2.24, 2.45) is 0 Å². The maximum atomic E-state index is 14.0. The fourth-order valence-electron chi connectivity index (χ4n) is 2.97. The summed E-state index contributed by atoms with van der Waals surface area (Å²) in [4.78, 5) is 20.0. The van der Waals surface area contributed by atoms with E-state index in [1.165, 1.54) is 20.0 Å². The molecule has 0 radical (unpaired) electrons. The van der Waals surface area contributed by atoms with Crippen LogP contribution in [0, 0.1) is 25.6 Å². The largest absolute Gasteiger partial charge is 0.593 e. The number of carbonyl (C=O) groups excluding carboxylic acids is 1. The topological polar surface area (TPSA) is 99.2 Å². The average molecular weight is 500 g/mol. The Balaban J connectivity index is 2.06. The van der Waals surface area contributed by atoms with Gasteiger partial charge < -0.3 is 14.6 Å². The van der Waals surface area contributed by atoms with Crippen molar-refractivity contribution in [2.45, 2.75) is 24.9 Å². The summed E-state index contributed by atoms with van der Waals surface area (Å²) in [6, 6.07) is 5.33. The van der Waals surface area contributed by atoms with E-state index in [-0.39, 0.29) is 22.0 Å². The number of anilines is 1. The number of benzene rings is 1. The Kier molecular flexibility index (Phi) is 7.38. The second kappa shape index (κ2) is 9.91. The van der Waals surface area contributed by atoms with Crippen LogP contribution in [-0.2, 0) is 17.5 Å². The average Bonchev–Trinajstić information content (AvgIpc) is 2.75. The lowest BCUT2D eigenvalue weighted by molar-refractivity contribution is -0.138. The van der Waals surface area contributed by atoms with Crippen molar-refractivity contribution in [1.82, 2.24) is 14.7 Å². The predicted molar refractivity (Wildman–Crippen MR) is 113 cm³/mol. The number of aromatic nitrogens is 2. The Morgan fingerprint density at radius 2 is 1.85 bits per heavy atom. The molecular weight excluding hydrogens is 483 g/mol. The zero-order chi connectivity index (χ0) is 25.2. The lowest BCUT2D eigenvalue weighted by Gasteiger charge is -2.17.